The van der Waals surface area contributed by atoms with Gasteiger partial charge in [0.2, 0.25) is 0 Å². The van der Waals surface area contributed by atoms with Crippen LogP contribution in [-0.2, 0) is 0 Å². The zero-order valence-electron chi connectivity index (χ0n) is 9.72. The Labute approximate surface area is 96.0 Å². The molecule has 0 amide bonds. The number of benzene rings is 1. The lowest BCUT2D eigenvalue weighted by Crippen LogP contribution is -2.22. The summed E-state index contributed by atoms with van der Waals surface area (Å²) < 4.78 is 13.2. The molecule has 1 aromatic carbocycles. The molecule has 0 aliphatic heterocycles. The molecule has 16 heavy (non-hydrogen) atoms. The second-order valence-corrected chi connectivity index (χ2v) is 4.67. The number of rotatable bonds is 2. The predicted octanol–water partition coefficient (Wildman–Crippen LogP) is 3.46. The van der Waals surface area contributed by atoms with E-state index in [1.54, 1.807) is 13.0 Å². The van der Waals surface area contributed by atoms with Crippen LogP contribution in [0.2, 0.25) is 0 Å². The van der Waals surface area contributed by atoms with E-state index >= 15 is 0 Å². The Hall–Kier alpha value is -1.25. The smallest absolute Gasteiger partial charge is 0.128 e. The molecule has 0 heterocycles. The van der Waals surface area contributed by atoms with Gasteiger partial charge in [-0.3, -0.25) is 0 Å². The van der Waals surface area contributed by atoms with Crippen molar-refractivity contribution in [2.75, 3.05) is 11.1 Å². The summed E-state index contributed by atoms with van der Waals surface area (Å²) in [5, 5.41) is 3.43. The predicted molar refractivity (Wildman–Crippen MR) is 66.0 cm³/mol. The molecular weight excluding hydrogens is 203 g/mol. The average Bonchev–Trinajstić information content (AvgIpc) is 2.27. The lowest BCUT2D eigenvalue weighted by molar-refractivity contribution is 0.463. The van der Waals surface area contributed by atoms with E-state index in [1.807, 2.05) is 0 Å². The van der Waals surface area contributed by atoms with Gasteiger partial charge in [-0.05, 0) is 37.5 Å². The van der Waals surface area contributed by atoms with E-state index in [0.717, 1.165) is 5.69 Å². The third-order valence-corrected chi connectivity index (χ3v) is 3.30. The molecule has 0 unspecified atom stereocenters. The van der Waals surface area contributed by atoms with Crippen LogP contribution in [0.3, 0.4) is 0 Å². The van der Waals surface area contributed by atoms with Crippen LogP contribution < -0.4 is 11.1 Å². The highest BCUT2D eigenvalue weighted by Crippen LogP contribution is 2.27. The fourth-order valence-electron chi connectivity index (χ4n) is 2.29. The summed E-state index contributed by atoms with van der Waals surface area (Å²) in [5.74, 6) is -0.230. The van der Waals surface area contributed by atoms with Crippen molar-refractivity contribution in [3.05, 3.63) is 23.5 Å². The number of hydrogen-bond donors (Lipinski definition) is 2. The van der Waals surface area contributed by atoms with Gasteiger partial charge in [0.25, 0.3) is 0 Å². The topological polar surface area (TPSA) is 38.0 Å². The molecular formula is C13H19FN2. The molecule has 1 aliphatic carbocycles. The molecule has 3 N–H and O–H groups in total. The van der Waals surface area contributed by atoms with Crippen molar-refractivity contribution in [1.29, 1.82) is 0 Å². The summed E-state index contributed by atoms with van der Waals surface area (Å²) in [6, 6.07) is 3.71. The fourth-order valence-corrected chi connectivity index (χ4v) is 2.29. The molecule has 3 heteroatoms. The molecule has 1 aromatic rings. The van der Waals surface area contributed by atoms with Crippen LogP contribution >= 0.6 is 0 Å². The van der Waals surface area contributed by atoms with Gasteiger partial charge in [0.1, 0.15) is 5.82 Å². The summed E-state index contributed by atoms with van der Waals surface area (Å²) in [5.41, 5.74) is 7.84. The largest absolute Gasteiger partial charge is 0.397 e. The Balaban J connectivity index is 2.11. The molecule has 88 valence electrons. The van der Waals surface area contributed by atoms with Gasteiger partial charge >= 0.3 is 0 Å². The summed E-state index contributed by atoms with van der Waals surface area (Å²) in [4.78, 5) is 0. The summed E-state index contributed by atoms with van der Waals surface area (Å²) in [7, 11) is 0. The Morgan fingerprint density at radius 3 is 2.62 bits per heavy atom. The molecule has 2 nitrogen and oxygen atoms in total. The molecule has 0 bridgehead atoms. The zero-order valence-corrected chi connectivity index (χ0v) is 9.72. The average molecular weight is 222 g/mol. The maximum absolute atomic E-state index is 13.2. The maximum atomic E-state index is 13.2. The number of nitrogens with one attached hydrogen (secondary N) is 1. The lowest BCUT2D eigenvalue weighted by atomic mass is 9.95. The molecule has 1 fully saturated rings. The standard InChI is InChI=1S/C13H19FN2/c1-9-7-13(12(15)8-11(9)14)16-10-5-3-2-4-6-10/h7-8,10,16H,2-6,15H2,1H3. The van der Waals surface area contributed by atoms with Crippen molar-refractivity contribution in [2.24, 2.45) is 0 Å². The Morgan fingerprint density at radius 1 is 1.25 bits per heavy atom. The van der Waals surface area contributed by atoms with Crippen LogP contribution in [0.25, 0.3) is 0 Å². The quantitative estimate of drug-likeness (QED) is 0.752. The van der Waals surface area contributed by atoms with Crippen molar-refractivity contribution in [2.45, 2.75) is 45.1 Å². The van der Waals surface area contributed by atoms with Crippen molar-refractivity contribution >= 4 is 11.4 Å². The second-order valence-electron chi connectivity index (χ2n) is 4.67. The molecule has 1 saturated carbocycles. The molecule has 0 radical (unpaired) electrons. The van der Waals surface area contributed by atoms with E-state index < -0.39 is 0 Å². The van der Waals surface area contributed by atoms with E-state index in [4.69, 9.17) is 5.73 Å². The van der Waals surface area contributed by atoms with Crippen LogP contribution in [0.5, 0.6) is 0 Å². The Kier molecular flexibility index (Phi) is 3.32. The lowest BCUT2D eigenvalue weighted by Gasteiger charge is -2.24. The minimum Gasteiger partial charge on any atom is -0.397 e. The number of halogens is 1. The number of nitrogens with two attached hydrogens (primary N) is 1. The third kappa shape index (κ3) is 2.46. The monoisotopic (exact) mass is 222 g/mol. The van der Waals surface area contributed by atoms with E-state index in [9.17, 15) is 4.39 Å². The van der Waals surface area contributed by atoms with Gasteiger partial charge in [-0.2, -0.15) is 0 Å². The molecule has 1 aliphatic rings. The highest BCUT2D eigenvalue weighted by Gasteiger charge is 2.14. The van der Waals surface area contributed by atoms with Crippen molar-refractivity contribution in [3.8, 4) is 0 Å². The van der Waals surface area contributed by atoms with Gasteiger partial charge in [0, 0.05) is 6.04 Å². The van der Waals surface area contributed by atoms with Crippen LogP contribution in [0, 0.1) is 12.7 Å². The second kappa shape index (κ2) is 4.73. The van der Waals surface area contributed by atoms with Crippen LogP contribution in [0.1, 0.15) is 37.7 Å². The van der Waals surface area contributed by atoms with E-state index in [2.05, 4.69) is 5.32 Å². The van der Waals surface area contributed by atoms with Crippen molar-refractivity contribution < 1.29 is 4.39 Å². The molecule has 0 spiro atoms. The minimum absolute atomic E-state index is 0.230. The first kappa shape index (κ1) is 11.2. The Morgan fingerprint density at radius 2 is 1.94 bits per heavy atom. The van der Waals surface area contributed by atoms with E-state index in [1.165, 1.54) is 38.2 Å². The fraction of sp³-hybridized carbons (Fsp3) is 0.538. The van der Waals surface area contributed by atoms with Gasteiger partial charge in [-0.25, -0.2) is 4.39 Å². The molecule has 0 saturated heterocycles. The van der Waals surface area contributed by atoms with Gasteiger partial charge in [0.15, 0.2) is 0 Å². The van der Waals surface area contributed by atoms with Crippen molar-refractivity contribution in [1.82, 2.24) is 0 Å². The van der Waals surface area contributed by atoms with Crippen LogP contribution in [0.4, 0.5) is 15.8 Å². The maximum Gasteiger partial charge on any atom is 0.128 e. The van der Waals surface area contributed by atoms with Gasteiger partial charge in [-0.15, -0.1) is 0 Å². The summed E-state index contributed by atoms with van der Waals surface area (Å²) in [6.07, 6.45) is 6.26. The van der Waals surface area contributed by atoms with Gasteiger partial charge in [0.05, 0.1) is 11.4 Å². The first-order valence-corrected chi connectivity index (χ1v) is 5.99. The minimum atomic E-state index is -0.230. The first-order chi connectivity index (χ1) is 7.66. The number of nitrogen functional groups attached to an aromatic ring is 1. The summed E-state index contributed by atoms with van der Waals surface area (Å²) >= 11 is 0. The molecule has 0 aromatic heterocycles. The normalized spacial score (nSPS) is 17.4. The van der Waals surface area contributed by atoms with E-state index in [-0.39, 0.29) is 5.82 Å². The highest BCUT2D eigenvalue weighted by molar-refractivity contribution is 5.67. The number of aryl methyl sites for hydroxylation is 1. The number of hydrogen-bond acceptors (Lipinski definition) is 2. The number of anilines is 2. The Bertz CT molecular complexity index is 370. The summed E-state index contributed by atoms with van der Waals surface area (Å²) in [6.45, 7) is 1.76. The highest BCUT2D eigenvalue weighted by atomic mass is 19.1. The molecule has 2 rings (SSSR count). The van der Waals surface area contributed by atoms with Gasteiger partial charge < -0.3 is 11.1 Å². The van der Waals surface area contributed by atoms with Gasteiger partial charge in [-0.1, -0.05) is 19.3 Å². The zero-order chi connectivity index (χ0) is 11.5. The van der Waals surface area contributed by atoms with Crippen molar-refractivity contribution in [3.63, 3.8) is 0 Å². The van der Waals surface area contributed by atoms with E-state index in [0.29, 0.717) is 17.3 Å². The van der Waals surface area contributed by atoms with Crippen LogP contribution in [0.15, 0.2) is 12.1 Å². The third-order valence-electron chi connectivity index (χ3n) is 3.30. The first-order valence-electron chi connectivity index (χ1n) is 5.99. The molecule has 0 atom stereocenters. The van der Waals surface area contributed by atoms with Crippen LogP contribution in [-0.4, -0.2) is 6.04 Å². The SMILES string of the molecule is Cc1cc(NC2CCCCC2)c(N)cc1F.